The van der Waals surface area contributed by atoms with E-state index < -0.39 is 27.9 Å². The Hall–Kier alpha value is -1.18. The van der Waals surface area contributed by atoms with Crippen molar-refractivity contribution in [2.45, 2.75) is 32.1 Å². The topological polar surface area (TPSA) is 75.6 Å². The summed E-state index contributed by atoms with van der Waals surface area (Å²) < 4.78 is 42.4. The normalized spacial score (nSPS) is 24.1. The molecule has 0 bridgehead atoms. The first-order valence-electron chi connectivity index (χ1n) is 6.96. The Bertz CT molecular complexity index is 591. The van der Waals surface area contributed by atoms with Gasteiger partial charge in [0.25, 0.3) is 0 Å². The molecule has 1 aliphatic heterocycles. The Labute approximate surface area is 124 Å². The van der Waals surface area contributed by atoms with Gasteiger partial charge in [-0.3, -0.25) is 0 Å². The van der Waals surface area contributed by atoms with Crippen molar-refractivity contribution in [1.29, 1.82) is 0 Å². The Morgan fingerprint density at radius 3 is 2.81 bits per heavy atom. The van der Waals surface area contributed by atoms with Gasteiger partial charge in [-0.25, -0.2) is 12.8 Å². The summed E-state index contributed by atoms with van der Waals surface area (Å²) in [4.78, 5) is 0. The second kappa shape index (κ2) is 6.72. The molecule has 1 saturated heterocycles. The second-order valence-electron chi connectivity index (χ2n) is 5.21. The van der Waals surface area contributed by atoms with Crippen LogP contribution < -0.4 is 10.1 Å². The molecular weight excluding hydrogens is 297 g/mol. The summed E-state index contributed by atoms with van der Waals surface area (Å²) in [6, 6.07) is 4.55. The van der Waals surface area contributed by atoms with Crippen molar-refractivity contribution in [3.63, 3.8) is 0 Å². The summed E-state index contributed by atoms with van der Waals surface area (Å²) in [5, 5.41) is 12.9. The fourth-order valence-electron chi connectivity index (χ4n) is 2.29. The third-order valence-corrected chi connectivity index (χ3v) is 5.02. The van der Waals surface area contributed by atoms with Crippen molar-refractivity contribution in [1.82, 2.24) is 5.32 Å². The molecule has 1 aliphatic rings. The maximum atomic E-state index is 13.9. The van der Waals surface area contributed by atoms with E-state index in [1.165, 1.54) is 6.07 Å². The lowest BCUT2D eigenvalue weighted by atomic mass is 10.1. The third-order valence-electron chi connectivity index (χ3n) is 3.33. The summed E-state index contributed by atoms with van der Waals surface area (Å²) in [6.07, 6.45) is -1.09. The number of nitrogens with one attached hydrogen (secondary N) is 1. The molecule has 0 aliphatic carbocycles. The van der Waals surface area contributed by atoms with E-state index in [4.69, 9.17) is 4.74 Å². The molecule has 0 radical (unpaired) electrons. The minimum absolute atomic E-state index is 0.0160. The minimum Gasteiger partial charge on any atom is -0.483 e. The van der Waals surface area contributed by atoms with Crippen LogP contribution in [-0.2, 0) is 16.4 Å². The monoisotopic (exact) mass is 317 g/mol. The molecule has 0 spiro atoms. The van der Waals surface area contributed by atoms with Crippen LogP contribution in [0.25, 0.3) is 0 Å². The van der Waals surface area contributed by atoms with Crippen molar-refractivity contribution in [3.05, 3.63) is 29.6 Å². The highest BCUT2D eigenvalue weighted by molar-refractivity contribution is 7.91. The van der Waals surface area contributed by atoms with Gasteiger partial charge in [0.05, 0.1) is 11.5 Å². The molecule has 0 saturated carbocycles. The van der Waals surface area contributed by atoms with Crippen molar-refractivity contribution in [2.75, 3.05) is 18.1 Å². The maximum Gasteiger partial charge on any atom is 0.165 e. The second-order valence-corrected chi connectivity index (χ2v) is 7.36. The fraction of sp³-hybridized carbons (Fsp3) is 0.571. The van der Waals surface area contributed by atoms with Crippen LogP contribution in [-0.4, -0.2) is 43.8 Å². The number of aliphatic hydroxyl groups is 1. The predicted molar refractivity (Wildman–Crippen MR) is 77.5 cm³/mol. The van der Waals surface area contributed by atoms with Crippen molar-refractivity contribution >= 4 is 9.84 Å². The van der Waals surface area contributed by atoms with E-state index in [2.05, 4.69) is 5.32 Å². The minimum atomic E-state index is -3.32. The number of para-hydroxylation sites is 1. The van der Waals surface area contributed by atoms with Crippen molar-refractivity contribution in [2.24, 2.45) is 0 Å². The van der Waals surface area contributed by atoms with Gasteiger partial charge in [-0.05, 0) is 19.0 Å². The molecule has 118 valence electrons. The predicted octanol–water partition coefficient (Wildman–Crippen LogP) is 0.862. The molecule has 2 N–H and O–H groups in total. The van der Waals surface area contributed by atoms with E-state index in [0.717, 1.165) is 13.0 Å². The number of hydrogen-bond acceptors (Lipinski definition) is 5. The zero-order chi connectivity index (χ0) is 15.5. The lowest BCUT2D eigenvalue weighted by molar-refractivity contribution is 0.0703. The zero-order valence-corrected chi connectivity index (χ0v) is 12.7. The first-order chi connectivity index (χ1) is 9.93. The van der Waals surface area contributed by atoms with Gasteiger partial charge in [-0.15, -0.1) is 0 Å². The molecule has 0 amide bonds. The van der Waals surface area contributed by atoms with E-state index in [0.29, 0.717) is 12.1 Å². The number of ether oxygens (including phenoxy) is 1. The van der Waals surface area contributed by atoms with Gasteiger partial charge in [0.2, 0.25) is 0 Å². The molecule has 21 heavy (non-hydrogen) atoms. The van der Waals surface area contributed by atoms with Gasteiger partial charge in [0.1, 0.15) is 12.2 Å². The molecule has 2 rings (SSSR count). The maximum absolute atomic E-state index is 13.9. The molecule has 2 atom stereocenters. The van der Waals surface area contributed by atoms with Gasteiger partial charge >= 0.3 is 0 Å². The molecule has 1 heterocycles. The van der Waals surface area contributed by atoms with E-state index in [1.807, 2.05) is 6.92 Å². The van der Waals surface area contributed by atoms with Crippen LogP contribution in [0.15, 0.2) is 18.2 Å². The first-order valence-corrected chi connectivity index (χ1v) is 8.78. The molecule has 7 heteroatoms. The first kappa shape index (κ1) is 16.2. The molecule has 1 aromatic rings. The number of hydrogen-bond donors (Lipinski definition) is 2. The van der Waals surface area contributed by atoms with Gasteiger partial charge in [-0.1, -0.05) is 19.1 Å². The van der Waals surface area contributed by atoms with Gasteiger partial charge in [-0.2, -0.15) is 0 Å². The highest BCUT2D eigenvalue weighted by Gasteiger charge is 2.38. The smallest absolute Gasteiger partial charge is 0.165 e. The van der Waals surface area contributed by atoms with Gasteiger partial charge < -0.3 is 15.2 Å². The third kappa shape index (κ3) is 4.15. The van der Waals surface area contributed by atoms with Crippen LogP contribution in [0.3, 0.4) is 0 Å². The van der Waals surface area contributed by atoms with Gasteiger partial charge in [0.15, 0.2) is 21.4 Å². The number of aliphatic hydroxyl groups excluding tert-OH is 1. The molecular formula is C14H20FNO4S. The lowest BCUT2D eigenvalue weighted by Crippen LogP contribution is -2.30. The van der Waals surface area contributed by atoms with Gasteiger partial charge in [0, 0.05) is 12.1 Å². The Balaban J connectivity index is 2.15. The number of sulfone groups is 1. The quantitative estimate of drug-likeness (QED) is 0.761. The van der Waals surface area contributed by atoms with Crippen LogP contribution >= 0.6 is 0 Å². The lowest BCUT2D eigenvalue weighted by Gasteiger charge is -2.19. The molecule has 5 nitrogen and oxygen atoms in total. The average molecular weight is 317 g/mol. The average Bonchev–Trinajstić information content (AvgIpc) is 2.66. The fourth-order valence-corrected chi connectivity index (χ4v) is 3.95. The Morgan fingerprint density at radius 1 is 1.43 bits per heavy atom. The standard InChI is InChI=1S/C14H20FNO4S/c1-2-6-16-7-10-4-3-5-11(15)14(10)20-13-9-21(18,19)8-12(13)17/h3-5,12-13,16-17H,2,6-9H2,1H3. The van der Waals surface area contributed by atoms with Crippen molar-refractivity contribution < 1.29 is 22.7 Å². The number of benzene rings is 1. The van der Waals surface area contributed by atoms with E-state index in [-0.39, 0.29) is 17.3 Å². The van der Waals surface area contributed by atoms with Crippen LogP contribution in [0, 0.1) is 5.82 Å². The highest BCUT2D eigenvalue weighted by Crippen LogP contribution is 2.27. The summed E-state index contributed by atoms with van der Waals surface area (Å²) in [5.74, 6) is -1.16. The van der Waals surface area contributed by atoms with Crippen LogP contribution in [0.5, 0.6) is 5.75 Å². The van der Waals surface area contributed by atoms with E-state index in [9.17, 15) is 17.9 Å². The summed E-state index contributed by atoms with van der Waals surface area (Å²) >= 11 is 0. The number of rotatable bonds is 6. The van der Waals surface area contributed by atoms with Crippen LogP contribution in [0.4, 0.5) is 4.39 Å². The summed E-state index contributed by atoms with van der Waals surface area (Å²) in [7, 11) is -3.32. The highest BCUT2D eigenvalue weighted by atomic mass is 32.2. The molecule has 0 aromatic heterocycles. The number of halogens is 1. The molecule has 1 aromatic carbocycles. The Morgan fingerprint density at radius 2 is 2.19 bits per heavy atom. The van der Waals surface area contributed by atoms with E-state index in [1.54, 1.807) is 12.1 Å². The van der Waals surface area contributed by atoms with Crippen LogP contribution in [0.1, 0.15) is 18.9 Å². The largest absolute Gasteiger partial charge is 0.483 e. The SMILES string of the molecule is CCCNCc1cccc(F)c1OC1CS(=O)(=O)CC1O. The van der Waals surface area contributed by atoms with Crippen LogP contribution in [0.2, 0.25) is 0 Å². The molecule has 1 fully saturated rings. The zero-order valence-electron chi connectivity index (χ0n) is 11.9. The summed E-state index contributed by atoms with van der Waals surface area (Å²) in [6.45, 7) is 3.24. The summed E-state index contributed by atoms with van der Waals surface area (Å²) in [5.41, 5.74) is 0.611. The van der Waals surface area contributed by atoms with E-state index >= 15 is 0 Å². The molecule has 2 unspecified atom stereocenters. The van der Waals surface area contributed by atoms with Crippen molar-refractivity contribution in [3.8, 4) is 5.75 Å². The Kier molecular flexibility index (Phi) is 5.18.